The first-order valence-corrected chi connectivity index (χ1v) is 8.15. The van der Waals surface area contributed by atoms with Gasteiger partial charge in [-0.05, 0) is 46.8 Å². The summed E-state index contributed by atoms with van der Waals surface area (Å²) in [6, 6.07) is 8.46. The molecule has 0 N–H and O–H groups in total. The minimum atomic E-state index is -1.70. The molecule has 0 aliphatic carbocycles. The number of Topliss-reactive ketones (excluding diaryl/α,β-unsaturated/α-hetero) is 1. The van der Waals surface area contributed by atoms with Crippen molar-refractivity contribution in [2.24, 2.45) is 11.3 Å². The van der Waals surface area contributed by atoms with E-state index in [0.717, 1.165) is 4.90 Å². The van der Waals surface area contributed by atoms with Crippen molar-refractivity contribution in [3.05, 3.63) is 30.3 Å². The fourth-order valence-corrected chi connectivity index (χ4v) is 2.85. The molecule has 0 radical (unpaired) electrons. The molecule has 6 heteroatoms. The van der Waals surface area contributed by atoms with Gasteiger partial charge < -0.3 is 4.74 Å². The van der Waals surface area contributed by atoms with E-state index in [9.17, 15) is 19.2 Å². The van der Waals surface area contributed by atoms with E-state index < -0.39 is 40.5 Å². The first-order chi connectivity index (χ1) is 11.5. The maximum Gasteiger partial charge on any atom is 0.320 e. The summed E-state index contributed by atoms with van der Waals surface area (Å²) in [7, 11) is 0. The van der Waals surface area contributed by atoms with Crippen LogP contribution in [0, 0.1) is 11.3 Å². The lowest BCUT2D eigenvalue weighted by molar-refractivity contribution is -0.173. The molecule has 2 rings (SSSR count). The summed E-state index contributed by atoms with van der Waals surface area (Å²) in [5.74, 6) is -3.35. The number of carbonyl (C=O) groups excluding carboxylic acids is 4. The van der Waals surface area contributed by atoms with Crippen LogP contribution in [0.25, 0.3) is 0 Å². The number of imide groups is 1. The van der Waals surface area contributed by atoms with Gasteiger partial charge in [0.1, 0.15) is 16.8 Å². The number of amides is 2. The van der Waals surface area contributed by atoms with E-state index in [0.29, 0.717) is 5.69 Å². The van der Waals surface area contributed by atoms with E-state index in [1.54, 1.807) is 51.1 Å². The van der Waals surface area contributed by atoms with Gasteiger partial charge in [-0.15, -0.1) is 0 Å². The number of esters is 1. The number of benzene rings is 1. The highest BCUT2D eigenvalue weighted by Crippen LogP contribution is 2.40. The SMILES string of the molecule is CC(=O)C(C)(C(=O)OC(C)(C)C)C1CC(=O)N(c2ccccc2)C1=O. The van der Waals surface area contributed by atoms with Crippen molar-refractivity contribution in [3.63, 3.8) is 0 Å². The van der Waals surface area contributed by atoms with Crippen LogP contribution >= 0.6 is 0 Å². The van der Waals surface area contributed by atoms with Crippen molar-refractivity contribution in [3.8, 4) is 0 Å². The van der Waals surface area contributed by atoms with E-state index in [4.69, 9.17) is 4.74 Å². The summed E-state index contributed by atoms with van der Waals surface area (Å²) < 4.78 is 5.36. The van der Waals surface area contributed by atoms with Crippen LogP contribution < -0.4 is 4.90 Å². The monoisotopic (exact) mass is 345 g/mol. The van der Waals surface area contributed by atoms with Gasteiger partial charge in [-0.1, -0.05) is 18.2 Å². The Balaban J connectivity index is 2.40. The standard InChI is InChI=1S/C19H23NO5/c1-12(21)19(5,17(24)25-18(2,3)4)14-11-15(22)20(16(14)23)13-9-7-6-8-10-13/h6-10,14H,11H2,1-5H3. The van der Waals surface area contributed by atoms with Gasteiger partial charge in [0.15, 0.2) is 0 Å². The van der Waals surface area contributed by atoms with Crippen molar-refractivity contribution in [2.75, 3.05) is 4.90 Å². The first-order valence-electron chi connectivity index (χ1n) is 8.15. The molecule has 1 aromatic rings. The van der Waals surface area contributed by atoms with Crippen LogP contribution in [0.3, 0.4) is 0 Å². The minimum Gasteiger partial charge on any atom is -0.459 e. The second-order valence-electron chi connectivity index (χ2n) is 7.42. The Bertz CT molecular complexity index is 719. The summed E-state index contributed by atoms with van der Waals surface area (Å²) in [6.07, 6.45) is -0.205. The van der Waals surface area contributed by atoms with E-state index >= 15 is 0 Å². The second-order valence-corrected chi connectivity index (χ2v) is 7.42. The third-order valence-corrected chi connectivity index (χ3v) is 4.41. The van der Waals surface area contributed by atoms with Crippen molar-refractivity contribution in [1.82, 2.24) is 0 Å². The lowest BCUT2D eigenvalue weighted by Gasteiger charge is -2.32. The molecule has 2 atom stereocenters. The largest absolute Gasteiger partial charge is 0.459 e. The maximum absolute atomic E-state index is 12.9. The van der Waals surface area contributed by atoms with Crippen LogP contribution in [0.15, 0.2) is 30.3 Å². The minimum absolute atomic E-state index is 0.205. The summed E-state index contributed by atoms with van der Waals surface area (Å²) in [6.45, 7) is 7.68. The fourth-order valence-electron chi connectivity index (χ4n) is 2.85. The van der Waals surface area contributed by atoms with Gasteiger partial charge in [0.05, 0.1) is 11.6 Å². The van der Waals surface area contributed by atoms with Crippen LogP contribution in [0.5, 0.6) is 0 Å². The fraction of sp³-hybridized carbons (Fsp3) is 0.474. The Labute approximate surface area is 147 Å². The van der Waals surface area contributed by atoms with Crippen molar-refractivity contribution in [1.29, 1.82) is 0 Å². The van der Waals surface area contributed by atoms with Crippen molar-refractivity contribution >= 4 is 29.3 Å². The molecule has 0 aromatic heterocycles. The molecule has 25 heavy (non-hydrogen) atoms. The summed E-state index contributed by atoms with van der Waals surface area (Å²) >= 11 is 0. The van der Waals surface area contributed by atoms with Crippen LogP contribution in [0.4, 0.5) is 5.69 Å². The topological polar surface area (TPSA) is 80.8 Å². The Morgan fingerprint density at radius 2 is 1.64 bits per heavy atom. The van der Waals surface area contributed by atoms with Gasteiger partial charge >= 0.3 is 5.97 Å². The van der Waals surface area contributed by atoms with E-state index in [1.807, 2.05) is 0 Å². The summed E-state index contributed by atoms with van der Waals surface area (Å²) in [5, 5.41) is 0. The molecule has 6 nitrogen and oxygen atoms in total. The lowest BCUT2D eigenvalue weighted by atomic mass is 9.73. The van der Waals surface area contributed by atoms with Gasteiger partial charge in [-0.2, -0.15) is 0 Å². The van der Waals surface area contributed by atoms with Crippen LogP contribution in [0.1, 0.15) is 41.0 Å². The zero-order valence-corrected chi connectivity index (χ0v) is 15.2. The van der Waals surface area contributed by atoms with Crippen molar-refractivity contribution < 1.29 is 23.9 Å². The highest BCUT2D eigenvalue weighted by atomic mass is 16.6. The maximum atomic E-state index is 12.9. The van der Waals surface area contributed by atoms with Crippen LogP contribution in [-0.2, 0) is 23.9 Å². The van der Waals surface area contributed by atoms with Crippen LogP contribution in [0.2, 0.25) is 0 Å². The summed E-state index contributed by atoms with van der Waals surface area (Å²) in [5.41, 5.74) is -2.09. The predicted octanol–water partition coefficient (Wildman–Crippen LogP) is 2.50. The molecule has 2 unspecified atom stereocenters. The van der Waals surface area contributed by atoms with Gasteiger partial charge in [-0.25, -0.2) is 0 Å². The molecular formula is C19H23NO5. The van der Waals surface area contributed by atoms with Gasteiger partial charge in [0.25, 0.3) is 0 Å². The highest BCUT2D eigenvalue weighted by molar-refractivity contribution is 6.24. The Hall–Kier alpha value is -2.50. The number of ether oxygens (including phenoxy) is 1. The lowest BCUT2D eigenvalue weighted by Crippen LogP contribution is -2.48. The molecule has 134 valence electrons. The number of carbonyl (C=O) groups is 4. The van der Waals surface area contributed by atoms with Gasteiger partial charge in [0.2, 0.25) is 11.8 Å². The smallest absolute Gasteiger partial charge is 0.320 e. The second kappa shape index (κ2) is 6.43. The molecule has 1 heterocycles. The molecule has 1 fully saturated rings. The molecule has 1 aliphatic rings. The quantitative estimate of drug-likeness (QED) is 0.476. The number of hydrogen-bond acceptors (Lipinski definition) is 5. The highest BCUT2D eigenvalue weighted by Gasteiger charge is 2.57. The van der Waals surface area contributed by atoms with E-state index in [-0.39, 0.29) is 6.42 Å². The molecular weight excluding hydrogens is 322 g/mol. The zero-order chi connectivity index (χ0) is 19.0. The Morgan fingerprint density at radius 1 is 1.08 bits per heavy atom. The van der Waals surface area contributed by atoms with E-state index in [2.05, 4.69) is 0 Å². The zero-order valence-electron chi connectivity index (χ0n) is 15.2. The molecule has 0 saturated carbocycles. The number of hydrogen-bond donors (Lipinski definition) is 0. The molecule has 0 spiro atoms. The first kappa shape index (κ1) is 18.8. The normalized spacial score (nSPS) is 20.4. The third kappa shape index (κ3) is 3.48. The number of para-hydroxylation sites is 1. The Kier molecular flexibility index (Phi) is 4.84. The Morgan fingerprint density at radius 3 is 2.12 bits per heavy atom. The van der Waals surface area contributed by atoms with E-state index in [1.165, 1.54) is 13.8 Å². The average Bonchev–Trinajstić information content (AvgIpc) is 2.80. The molecule has 0 bridgehead atoms. The summed E-state index contributed by atoms with van der Waals surface area (Å²) in [4.78, 5) is 51.3. The average molecular weight is 345 g/mol. The molecule has 1 saturated heterocycles. The van der Waals surface area contributed by atoms with Gasteiger partial charge in [-0.3, -0.25) is 24.1 Å². The molecule has 1 aromatic carbocycles. The number of anilines is 1. The number of rotatable bonds is 4. The molecule has 2 amide bonds. The number of ketones is 1. The van der Waals surface area contributed by atoms with Crippen molar-refractivity contribution in [2.45, 2.75) is 46.6 Å². The molecule has 1 aliphatic heterocycles. The van der Waals surface area contributed by atoms with Crippen LogP contribution in [-0.4, -0.2) is 29.2 Å². The third-order valence-electron chi connectivity index (χ3n) is 4.41. The van der Waals surface area contributed by atoms with Gasteiger partial charge in [0, 0.05) is 6.42 Å². The number of nitrogens with zero attached hydrogens (tertiary/aromatic N) is 1. The predicted molar refractivity (Wildman–Crippen MR) is 91.7 cm³/mol.